The molecule has 1 heterocycles. The van der Waals surface area contributed by atoms with Gasteiger partial charge in [0.15, 0.2) is 0 Å². The zero-order chi connectivity index (χ0) is 21.8. The van der Waals surface area contributed by atoms with Gasteiger partial charge in [-0.2, -0.15) is 5.10 Å². The molecule has 0 aliphatic rings. The first kappa shape index (κ1) is 20.6. The summed E-state index contributed by atoms with van der Waals surface area (Å²) in [6.45, 7) is 2.14. The molecule has 0 radical (unpaired) electrons. The van der Waals surface area contributed by atoms with E-state index in [1.54, 1.807) is 12.3 Å². The van der Waals surface area contributed by atoms with Crippen molar-refractivity contribution >= 4 is 45.7 Å². The molecule has 4 nitrogen and oxygen atoms in total. The largest absolute Gasteiger partial charge is 0.478 e. The third-order valence-electron chi connectivity index (χ3n) is 5.18. The van der Waals surface area contributed by atoms with Gasteiger partial charge in [0.25, 0.3) is 0 Å². The summed E-state index contributed by atoms with van der Waals surface area (Å²) < 4.78 is 0. The van der Waals surface area contributed by atoms with Crippen LogP contribution in [0.2, 0.25) is 5.02 Å². The number of allylic oxidation sites excluding steroid dienone is 1. The molecule has 1 aromatic heterocycles. The van der Waals surface area contributed by atoms with Crippen LogP contribution in [0.4, 0.5) is 0 Å². The molecule has 0 unspecified atom stereocenters. The van der Waals surface area contributed by atoms with Crippen LogP contribution in [0.5, 0.6) is 0 Å². The summed E-state index contributed by atoms with van der Waals surface area (Å²) in [6, 6.07) is 22.2. The Labute approximate surface area is 185 Å². The Bertz CT molecular complexity index is 1290. The van der Waals surface area contributed by atoms with Crippen LogP contribution in [0.3, 0.4) is 0 Å². The maximum Gasteiger partial charge on any atom is 0.328 e. The minimum Gasteiger partial charge on any atom is -0.478 e. The molecule has 2 N–H and O–H groups in total. The highest BCUT2D eigenvalue weighted by Crippen LogP contribution is 2.37. The second kappa shape index (κ2) is 9.02. The molecular formula is C26H21ClN2O2. The van der Waals surface area contributed by atoms with E-state index in [4.69, 9.17) is 16.7 Å². The van der Waals surface area contributed by atoms with Crippen molar-refractivity contribution in [3.63, 3.8) is 0 Å². The lowest BCUT2D eigenvalue weighted by atomic mass is 9.87. The minimum atomic E-state index is -0.968. The Morgan fingerprint density at radius 1 is 1.03 bits per heavy atom. The van der Waals surface area contributed by atoms with E-state index < -0.39 is 5.97 Å². The number of halogens is 1. The van der Waals surface area contributed by atoms with Gasteiger partial charge in [0, 0.05) is 11.5 Å². The lowest BCUT2D eigenvalue weighted by Crippen LogP contribution is -1.96. The van der Waals surface area contributed by atoms with Gasteiger partial charge >= 0.3 is 5.97 Å². The Hall–Kier alpha value is -3.63. The van der Waals surface area contributed by atoms with Crippen molar-refractivity contribution in [2.75, 3.05) is 0 Å². The number of fused-ring (bicyclic) bond motifs is 1. The van der Waals surface area contributed by atoms with Gasteiger partial charge in [0.1, 0.15) is 0 Å². The predicted molar refractivity (Wildman–Crippen MR) is 127 cm³/mol. The number of carbonyl (C=O) groups is 1. The van der Waals surface area contributed by atoms with E-state index in [0.717, 1.165) is 51.2 Å². The molecule has 5 heteroatoms. The summed E-state index contributed by atoms with van der Waals surface area (Å²) in [5.74, 6) is -0.968. The van der Waals surface area contributed by atoms with Gasteiger partial charge < -0.3 is 5.11 Å². The molecule has 0 saturated carbocycles. The zero-order valence-corrected chi connectivity index (χ0v) is 17.7. The fourth-order valence-electron chi connectivity index (χ4n) is 3.77. The average molecular weight is 429 g/mol. The molecular weight excluding hydrogens is 408 g/mol. The molecule has 4 rings (SSSR count). The van der Waals surface area contributed by atoms with E-state index >= 15 is 0 Å². The number of rotatable bonds is 6. The first-order valence-electron chi connectivity index (χ1n) is 10.00. The smallest absolute Gasteiger partial charge is 0.328 e. The number of nitrogens with one attached hydrogen (secondary N) is 1. The third-order valence-corrected chi connectivity index (χ3v) is 5.48. The average Bonchev–Trinajstić information content (AvgIpc) is 3.26. The molecule has 0 amide bonds. The second-order valence-electron chi connectivity index (χ2n) is 7.16. The first-order chi connectivity index (χ1) is 15.1. The molecule has 0 fully saturated rings. The highest BCUT2D eigenvalue weighted by Gasteiger charge is 2.15. The molecule has 31 heavy (non-hydrogen) atoms. The normalized spacial score (nSPS) is 12.3. The number of aliphatic carboxylic acids is 1. The monoisotopic (exact) mass is 428 g/mol. The maximum atomic E-state index is 10.8. The van der Waals surface area contributed by atoms with Gasteiger partial charge in [0.05, 0.1) is 16.7 Å². The van der Waals surface area contributed by atoms with Crippen molar-refractivity contribution in [2.24, 2.45) is 0 Å². The summed E-state index contributed by atoms with van der Waals surface area (Å²) in [7, 11) is 0. The van der Waals surface area contributed by atoms with Crippen LogP contribution in [-0.2, 0) is 4.79 Å². The second-order valence-corrected chi connectivity index (χ2v) is 7.57. The van der Waals surface area contributed by atoms with Gasteiger partial charge in [-0.3, -0.25) is 5.10 Å². The summed E-state index contributed by atoms with van der Waals surface area (Å²) in [4.78, 5) is 10.8. The molecule has 0 spiro atoms. The Morgan fingerprint density at radius 3 is 2.45 bits per heavy atom. The standard InChI is InChI=1S/C26H21ClN2O2/c1-2-22(18-6-4-3-5-7-18)25(19-11-8-17(9-12-19)10-13-24(30)31)20-14-21-16-28-29-26(21)23(27)15-20/h3-16H,2H2,1H3,(H,28,29)(H,30,31)/b13-10+,25-22+. The Morgan fingerprint density at radius 2 is 1.77 bits per heavy atom. The minimum absolute atomic E-state index is 0.618. The van der Waals surface area contributed by atoms with E-state index in [-0.39, 0.29) is 0 Å². The first-order valence-corrected chi connectivity index (χ1v) is 10.4. The van der Waals surface area contributed by atoms with Crippen LogP contribution < -0.4 is 0 Å². The molecule has 0 bridgehead atoms. The van der Waals surface area contributed by atoms with Crippen LogP contribution in [0, 0.1) is 0 Å². The number of H-pyrrole nitrogens is 1. The van der Waals surface area contributed by atoms with Crippen molar-refractivity contribution in [1.82, 2.24) is 10.2 Å². The number of aromatic nitrogens is 2. The van der Waals surface area contributed by atoms with Crippen molar-refractivity contribution in [3.05, 3.63) is 106 Å². The van der Waals surface area contributed by atoms with E-state index in [1.165, 1.54) is 5.57 Å². The van der Waals surface area contributed by atoms with E-state index in [9.17, 15) is 4.79 Å². The van der Waals surface area contributed by atoms with Gasteiger partial charge in [-0.15, -0.1) is 0 Å². The van der Waals surface area contributed by atoms with E-state index in [1.807, 2.05) is 48.5 Å². The number of carboxylic acid groups (broad SMARTS) is 1. The molecule has 0 aliphatic carbocycles. The molecule has 3 aromatic carbocycles. The summed E-state index contributed by atoms with van der Waals surface area (Å²) in [5, 5.41) is 17.5. The van der Waals surface area contributed by atoms with Crippen molar-refractivity contribution in [3.8, 4) is 0 Å². The van der Waals surface area contributed by atoms with Gasteiger partial charge in [-0.05, 0) is 58.0 Å². The number of carboxylic acids is 1. The van der Waals surface area contributed by atoms with Gasteiger partial charge in [0.2, 0.25) is 0 Å². The third kappa shape index (κ3) is 4.44. The van der Waals surface area contributed by atoms with E-state index in [2.05, 4.69) is 35.3 Å². The molecule has 0 aliphatic heterocycles. The lowest BCUT2D eigenvalue weighted by molar-refractivity contribution is -0.131. The van der Waals surface area contributed by atoms with Crippen LogP contribution in [0.15, 0.2) is 79.0 Å². The number of hydrogen-bond donors (Lipinski definition) is 2. The highest BCUT2D eigenvalue weighted by atomic mass is 35.5. The van der Waals surface area contributed by atoms with E-state index in [0.29, 0.717) is 5.02 Å². The highest BCUT2D eigenvalue weighted by molar-refractivity contribution is 6.35. The van der Waals surface area contributed by atoms with Crippen LogP contribution >= 0.6 is 11.6 Å². The summed E-state index contributed by atoms with van der Waals surface area (Å²) in [5.41, 5.74) is 7.13. The van der Waals surface area contributed by atoms with Gasteiger partial charge in [-0.1, -0.05) is 73.1 Å². The number of benzene rings is 3. The summed E-state index contributed by atoms with van der Waals surface area (Å²) >= 11 is 6.57. The topological polar surface area (TPSA) is 66.0 Å². The van der Waals surface area contributed by atoms with Crippen LogP contribution in [-0.4, -0.2) is 21.3 Å². The number of nitrogens with zero attached hydrogens (tertiary/aromatic N) is 1. The Balaban J connectivity index is 1.93. The maximum absolute atomic E-state index is 10.8. The lowest BCUT2D eigenvalue weighted by Gasteiger charge is -2.17. The summed E-state index contributed by atoms with van der Waals surface area (Å²) in [6.07, 6.45) is 5.33. The molecule has 0 atom stereocenters. The SMILES string of the molecule is CC/C(=C(/c1ccc(/C=C/C(=O)O)cc1)c1cc(Cl)c2[nH]ncc2c1)c1ccccc1. The van der Waals surface area contributed by atoms with Crippen molar-refractivity contribution in [1.29, 1.82) is 0 Å². The van der Waals surface area contributed by atoms with Gasteiger partial charge in [-0.25, -0.2) is 4.79 Å². The predicted octanol–water partition coefficient (Wildman–Crippen LogP) is 6.68. The van der Waals surface area contributed by atoms with Crippen LogP contribution in [0.1, 0.15) is 35.6 Å². The number of hydrogen-bond acceptors (Lipinski definition) is 2. The fourth-order valence-corrected chi connectivity index (χ4v) is 4.04. The zero-order valence-electron chi connectivity index (χ0n) is 17.0. The molecule has 4 aromatic rings. The van der Waals surface area contributed by atoms with Crippen LogP contribution in [0.25, 0.3) is 28.1 Å². The fraction of sp³-hybridized carbons (Fsp3) is 0.0769. The van der Waals surface area contributed by atoms with Crippen molar-refractivity contribution < 1.29 is 9.90 Å². The molecule has 154 valence electrons. The quantitative estimate of drug-likeness (QED) is 0.266. The number of aromatic amines is 1. The molecule has 0 saturated heterocycles. The van der Waals surface area contributed by atoms with Crippen molar-refractivity contribution in [2.45, 2.75) is 13.3 Å². The Kier molecular flexibility index (Phi) is 6.01.